The number of fused-ring (bicyclic) bond motifs is 1. The lowest BCUT2D eigenvalue weighted by molar-refractivity contribution is 0.410. The van der Waals surface area contributed by atoms with Crippen LogP contribution in [0.2, 0.25) is 5.02 Å². The Kier molecular flexibility index (Phi) is 6.30. The Hall–Kier alpha value is -3.22. The first-order valence-electron chi connectivity index (χ1n) is 9.81. The molecular formula is C24H21ClN4OS. The van der Waals surface area contributed by atoms with Crippen molar-refractivity contribution in [3.05, 3.63) is 105 Å². The van der Waals surface area contributed by atoms with Crippen LogP contribution in [0.1, 0.15) is 16.7 Å². The lowest BCUT2D eigenvalue weighted by Crippen LogP contribution is -2.35. The number of pyridine rings is 2. The van der Waals surface area contributed by atoms with Crippen LogP contribution in [0.15, 0.2) is 77.9 Å². The fraction of sp³-hybridized carbons (Fsp3) is 0.125. The highest BCUT2D eigenvalue weighted by Gasteiger charge is 2.15. The third-order valence-corrected chi connectivity index (χ3v) is 5.58. The van der Waals surface area contributed by atoms with Crippen molar-refractivity contribution in [1.82, 2.24) is 14.9 Å². The number of H-pyrrole nitrogens is 1. The summed E-state index contributed by atoms with van der Waals surface area (Å²) >= 11 is 11.8. The van der Waals surface area contributed by atoms with Gasteiger partial charge in [-0.1, -0.05) is 41.9 Å². The van der Waals surface area contributed by atoms with Gasteiger partial charge in [0.15, 0.2) is 5.11 Å². The number of aromatic amines is 1. The van der Waals surface area contributed by atoms with Gasteiger partial charge in [-0.2, -0.15) is 0 Å². The summed E-state index contributed by atoms with van der Waals surface area (Å²) in [6.07, 6.45) is 3.52. The van der Waals surface area contributed by atoms with Gasteiger partial charge in [0.05, 0.1) is 12.1 Å². The SMILES string of the molecule is Cc1cccc2cc(CN(Cc3cccnc3)C(=S)Nc3cccc(Cl)c3)c(=O)[nH]c12. The summed E-state index contributed by atoms with van der Waals surface area (Å²) in [7, 11) is 0. The van der Waals surface area contributed by atoms with Gasteiger partial charge in [-0.3, -0.25) is 9.78 Å². The average Bonchev–Trinajstić information content (AvgIpc) is 2.75. The molecule has 0 bridgehead atoms. The van der Waals surface area contributed by atoms with Crippen LogP contribution >= 0.6 is 23.8 Å². The minimum Gasteiger partial charge on any atom is -0.340 e. The molecule has 0 unspecified atom stereocenters. The minimum absolute atomic E-state index is 0.122. The molecule has 156 valence electrons. The van der Waals surface area contributed by atoms with E-state index in [4.69, 9.17) is 23.8 Å². The minimum atomic E-state index is -0.122. The predicted octanol–water partition coefficient (Wildman–Crippen LogP) is 5.28. The van der Waals surface area contributed by atoms with Crippen molar-refractivity contribution in [2.24, 2.45) is 0 Å². The molecule has 0 spiro atoms. The van der Waals surface area contributed by atoms with Crippen molar-refractivity contribution < 1.29 is 0 Å². The maximum atomic E-state index is 12.8. The number of halogens is 1. The molecule has 0 atom stereocenters. The molecule has 0 aliphatic carbocycles. The molecule has 0 aliphatic heterocycles. The number of nitrogens with zero attached hydrogens (tertiary/aromatic N) is 2. The Morgan fingerprint density at radius 1 is 1.13 bits per heavy atom. The van der Waals surface area contributed by atoms with Crippen LogP contribution in [0.25, 0.3) is 10.9 Å². The highest BCUT2D eigenvalue weighted by Crippen LogP contribution is 2.19. The van der Waals surface area contributed by atoms with E-state index in [0.29, 0.717) is 28.8 Å². The summed E-state index contributed by atoms with van der Waals surface area (Å²) < 4.78 is 0. The Balaban J connectivity index is 1.65. The number of anilines is 1. The molecule has 2 heterocycles. The van der Waals surface area contributed by atoms with E-state index in [1.165, 1.54) is 0 Å². The first-order chi connectivity index (χ1) is 15.0. The molecule has 2 aromatic carbocycles. The summed E-state index contributed by atoms with van der Waals surface area (Å²) in [5, 5.41) is 5.33. The van der Waals surface area contributed by atoms with E-state index < -0.39 is 0 Å². The lowest BCUT2D eigenvalue weighted by Gasteiger charge is -2.26. The Bertz CT molecular complexity index is 1290. The van der Waals surface area contributed by atoms with Crippen molar-refractivity contribution in [2.75, 3.05) is 5.32 Å². The van der Waals surface area contributed by atoms with Gasteiger partial charge in [0, 0.05) is 35.2 Å². The van der Waals surface area contributed by atoms with Gasteiger partial charge in [0.25, 0.3) is 5.56 Å². The third-order valence-electron chi connectivity index (χ3n) is 4.99. The van der Waals surface area contributed by atoms with E-state index in [2.05, 4.69) is 15.3 Å². The molecule has 4 aromatic rings. The third kappa shape index (κ3) is 5.10. The van der Waals surface area contributed by atoms with Gasteiger partial charge in [-0.05, 0) is 66.0 Å². The number of aromatic nitrogens is 2. The Morgan fingerprint density at radius 2 is 1.97 bits per heavy atom. The topological polar surface area (TPSA) is 61.0 Å². The highest BCUT2D eigenvalue weighted by atomic mass is 35.5. The highest BCUT2D eigenvalue weighted by molar-refractivity contribution is 7.80. The normalized spacial score (nSPS) is 10.8. The molecule has 0 saturated heterocycles. The van der Waals surface area contributed by atoms with E-state index in [1.54, 1.807) is 18.5 Å². The fourth-order valence-electron chi connectivity index (χ4n) is 3.43. The predicted molar refractivity (Wildman–Crippen MR) is 130 cm³/mol. The van der Waals surface area contributed by atoms with Gasteiger partial charge in [-0.25, -0.2) is 0 Å². The smallest absolute Gasteiger partial charge is 0.253 e. The van der Waals surface area contributed by atoms with Gasteiger partial charge in [0.1, 0.15) is 0 Å². The molecule has 2 aromatic heterocycles. The molecule has 5 nitrogen and oxygen atoms in total. The number of para-hydroxylation sites is 1. The number of thiocarbonyl (C=S) groups is 1. The quantitative estimate of drug-likeness (QED) is 0.406. The first kappa shape index (κ1) is 21.0. The second-order valence-electron chi connectivity index (χ2n) is 7.32. The van der Waals surface area contributed by atoms with E-state index >= 15 is 0 Å². The van der Waals surface area contributed by atoms with Crippen LogP contribution in [0.5, 0.6) is 0 Å². The van der Waals surface area contributed by atoms with Gasteiger partial charge in [0.2, 0.25) is 0 Å². The van der Waals surface area contributed by atoms with Gasteiger partial charge >= 0.3 is 0 Å². The second kappa shape index (κ2) is 9.29. The van der Waals surface area contributed by atoms with Crippen LogP contribution in [0, 0.1) is 6.92 Å². The zero-order valence-corrected chi connectivity index (χ0v) is 18.5. The van der Waals surface area contributed by atoms with Crippen molar-refractivity contribution in [1.29, 1.82) is 0 Å². The summed E-state index contributed by atoms with van der Waals surface area (Å²) in [5.74, 6) is 0. The van der Waals surface area contributed by atoms with E-state index in [0.717, 1.165) is 27.7 Å². The fourth-order valence-corrected chi connectivity index (χ4v) is 3.87. The van der Waals surface area contributed by atoms with E-state index in [9.17, 15) is 4.79 Å². The molecule has 2 N–H and O–H groups in total. The number of hydrogen-bond donors (Lipinski definition) is 2. The largest absolute Gasteiger partial charge is 0.340 e. The molecule has 7 heteroatoms. The van der Waals surface area contributed by atoms with Crippen molar-refractivity contribution in [3.8, 4) is 0 Å². The molecular weight excluding hydrogens is 428 g/mol. The number of rotatable bonds is 5. The molecule has 0 aliphatic rings. The maximum absolute atomic E-state index is 12.8. The van der Waals surface area contributed by atoms with Crippen molar-refractivity contribution in [2.45, 2.75) is 20.0 Å². The second-order valence-corrected chi connectivity index (χ2v) is 8.14. The summed E-state index contributed by atoms with van der Waals surface area (Å²) in [6.45, 7) is 2.84. The van der Waals surface area contributed by atoms with Crippen LogP contribution in [0.4, 0.5) is 5.69 Å². The van der Waals surface area contributed by atoms with E-state index in [-0.39, 0.29) is 5.56 Å². The summed E-state index contributed by atoms with van der Waals surface area (Å²) in [5.41, 5.74) is 4.18. The average molecular weight is 449 g/mol. The van der Waals surface area contributed by atoms with Gasteiger partial charge < -0.3 is 15.2 Å². The molecule has 0 saturated carbocycles. The molecule has 0 fully saturated rings. The first-order valence-corrected chi connectivity index (χ1v) is 10.6. The maximum Gasteiger partial charge on any atom is 0.253 e. The van der Waals surface area contributed by atoms with Crippen LogP contribution in [-0.2, 0) is 13.1 Å². The Morgan fingerprint density at radius 3 is 2.74 bits per heavy atom. The summed E-state index contributed by atoms with van der Waals surface area (Å²) in [6, 6.07) is 19.1. The standard InChI is InChI=1S/C24H21ClN4OS/c1-16-5-2-7-18-11-19(23(30)28-22(16)18)15-29(14-17-6-4-10-26-13-17)24(31)27-21-9-3-8-20(25)12-21/h2-13H,14-15H2,1H3,(H,27,31)(H,28,30). The van der Waals surface area contributed by atoms with Crippen LogP contribution in [-0.4, -0.2) is 20.0 Å². The lowest BCUT2D eigenvalue weighted by atomic mass is 10.1. The number of nitrogens with one attached hydrogen (secondary N) is 2. The van der Waals surface area contributed by atoms with Crippen LogP contribution < -0.4 is 10.9 Å². The number of benzene rings is 2. The zero-order valence-electron chi connectivity index (χ0n) is 16.9. The molecule has 0 amide bonds. The van der Waals surface area contributed by atoms with Crippen molar-refractivity contribution in [3.63, 3.8) is 0 Å². The zero-order chi connectivity index (χ0) is 21.8. The molecule has 0 radical (unpaired) electrons. The Labute approximate surface area is 190 Å². The monoisotopic (exact) mass is 448 g/mol. The molecule has 31 heavy (non-hydrogen) atoms. The van der Waals surface area contributed by atoms with Crippen LogP contribution in [0.3, 0.4) is 0 Å². The molecule has 4 rings (SSSR count). The van der Waals surface area contributed by atoms with E-state index in [1.807, 2.05) is 66.4 Å². The van der Waals surface area contributed by atoms with Crippen molar-refractivity contribution >= 4 is 45.5 Å². The number of hydrogen-bond acceptors (Lipinski definition) is 3. The van der Waals surface area contributed by atoms with Gasteiger partial charge in [-0.15, -0.1) is 0 Å². The number of aryl methyl sites for hydroxylation is 1. The summed E-state index contributed by atoms with van der Waals surface area (Å²) in [4.78, 5) is 22.0.